The first-order chi connectivity index (χ1) is 7.00. The van der Waals surface area contributed by atoms with Crippen LogP contribution >= 0.6 is 15.9 Å². The summed E-state index contributed by atoms with van der Waals surface area (Å²) in [5, 5.41) is 0. The molecule has 0 aliphatic carbocycles. The van der Waals surface area contributed by atoms with Crippen LogP contribution in [0, 0.1) is 0 Å². The van der Waals surface area contributed by atoms with E-state index in [-0.39, 0.29) is 5.75 Å². The molecule has 1 rings (SSSR count). The van der Waals surface area contributed by atoms with Crippen LogP contribution in [0.4, 0.5) is 5.69 Å². The van der Waals surface area contributed by atoms with Gasteiger partial charge < -0.3 is 4.74 Å². The molecule has 6 heteroatoms. The first kappa shape index (κ1) is 12.3. The number of rotatable bonds is 4. The van der Waals surface area contributed by atoms with Gasteiger partial charge >= 0.3 is 0 Å². The van der Waals surface area contributed by atoms with E-state index in [0.29, 0.717) is 15.9 Å². The summed E-state index contributed by atoms with van der Waals surface area (Å²) in [6.07, 6.45) is 0. The van der Waals surface area contributed by atoms with Gasteiger partial charge in [0.05, 0.1) is 23.0 Å². The largest absolute Gasteiger partial charge is 0.495 e. The van der Waals surface area contributed by atoms with Crippen molar-refractivity contribution in [3.05, 3.63) is 22.7 Å². The average molecular weight is 294 g/mol. The fourth-order valence-corrected chi connectivity index (χ4v) is 2.29. The van der Waals surface area contributed by atoms with Crippen LogP contribution in [0.2, 0.25) is 0 Å². The molecule has 1 aromatic carbocycles. The molecule has 0 heterocycles. The number of hydrogen-bond donors (Lipinski definition) is 1. The SMILES string of the molecule is CCS(=O)(=O)Nc1cccc(OC)c1Br. The molecule has 0 atom stereocenters. The van der Waals surface area contributed by atoms with Gasteiger partial charge in [-0.1, -0.05) is 6.07 Å². The summed E-state index contributed by atoms with van der Waals surface area (Å²) in [5.74, 6) is 0.628. The van der Waals surface area contributed by atoms with E-state index in [2.05, 4.69) is 20.7 Å². The van der Waals surface area contributed by atoms with Crippen molar-refractivity contribution in [2.45, 2.75) is 6.92 Å². The molecule has 1 N–H and O–H groups in total. The summed E-state index contributed by atoms with van der Waals surface area (Å²) in [7, 11) is -1.73. The Morgan fingerprint density at radius 2 is 2.13 bits per heavy atom. The summed E-state index contributed by atoms with van der Waals surface area (Å²) >= 11 is 3.27. The van der Waals surface area contributed by atoms with Gasteiger partial charge in [-0.05, 0) is 35.0 Å². The van der Waals surface area contributed by atoms with Gasteiger partial charge in [-0.3, -0.25) is 4.72 Å². The number of ether oxygens (including phenoxy) is 1. The van der Waals surface area contributed by atoms with Crippen molar-refractivity contribution in [3.8, 4) is 5.75 Å². The summed E-state index contributed by atoms with van der Waals surface area (Å²) in [6.45, 7) is 1.58. The molecule has 15 heavy (non-hydrogen) atoms. The van der Waals surface area contributed by atoms with E-state index in [0.717, 1.165) is 0 Å². The van der Waals surface area contributed by atoms with E-state index < -0.39 is 10.0 Å². The summed E-state index contributed by atoms with van der Waals surface area (Å²) < 4.78 is 30.8. The monoisotopic (exact) mass is 293 g/mol. The predicted molar refractivity (Wildman–Crippen MR) is 63.8 cm³/mol. The Morgan fingerprint density at radius 3 is 2.67 bits per heavy atom. The smallest absolute Gasteiger partial charge is 0.232 e. The Labute approximate surface area is 97.8 Å². The second-order valence-electron chi connectivity index (χ2n) is 2.83. The molecule has 1 aromatic rings. The number of hydrogen-bond acceptors (Lipinski definition) is 3. The number of halogens is 1. The van der Waals surface area contributed by atoms with Crippen LogP contribution in [0.1, 0.15) is 6.92 Å². The van der Waals surface area contributed by atoms with Gasteiger partial charge in [0.1, 0.15) is 5.75 Å². The van der Waals surface area contributed by atoms with Crippen LogP contribution in [0.3, 0.4) is 0 Å². The molecule has 0 saturated heterocycles. The van der Waals surface area contributed by atoms with E-state index in [1.165, 1.54) is 7.11 Å². The van der Waals surface area contributed by atoms with Gasteiger partial charge in [0, 0.05) is 0 Å². The Kier molecular flexibility index (Phi) is 3.98. The van der Waals surface area contributed by atoms with E-state index in [1.807, 2.05) is 0 Å². The second-order valence-corrected chi connectivity index (χ2v) is 5.63. The fraction of sp³-hybridized carbons (Fsp3) is 0.333. The van der Waals surface area contributed by atoms with Gasteiger partial charge in [-0.15, -0.1) is 0 Å². The Balaban J connectivity index is 3.06. The Hall–Kier alpha value is -0.750. The highest BCUT2D eigenvalue weighted by Gasteiger charge is 2.11. The zero-order valence-electron chi connectivity index (χ0n) is 8.45. The molecule has 84 valence electrons. The molecule has 0 aliphatic rings. The number of methoxy groups -OCH3 is 1. The number of benzene rings is 1. The van der Waals surface area contributed by atoms with Crippen LogP contribution in [-0.2, 0) is 10.0 Å². The third kappa shape index (κ3) is 3.10. The van der Waals surface area contributed by atoms with Crippen molar-refractivity contribution in [2.24, 2.45) is 0 Å². The summed E-state index contributed by atoms with van der Waals surface area (Å²) in [6, 6.07) is 5.13. The standard InChI is InChI=1S/C9H12BrNO3S/c1-3-15(12,13)11-7-5-4-6-8(14-2)9(7)10/h4-6,11H,3H2,1-2H3. The lowest BCUT2D eigenvalue weighted by Gasteiger charge is -2.10. The minimum absolute atomic E-state index is 0.0383. The Morgan fingerprint density at radius 1 is 1.47 bits per heavy atom. The van der Waals surface area contributed by atoms with E-state index in [4.69, 9.17) is 4.74 Å². The maximum atomic E-state index is 11.3. The molecule has 0 bridgehead atoms. The van der Waals surface area contributed by atoms with Crippen LogP contribution in [0.25, 0.3) is 0 Å². The number of sulfonamides is 1. The molecular weight excluding hydrogens is 282 g/mol. The highest BCUT2D eigenvalue weighted by molar-refractivity contribution is 9.10. The van der Waals surface area contributed by atoms with Crippen LogP contribution in [-0.4, -0.2) is 21.3 Å². The van der Waals surface area contributed by atoms with Gasteiger partial charge in [0.2, 0.25) is 10.0 Å². The molecule has 0 saturated carbocycles. The van der Waals surface area contributed by atoms with Crippen molar-refractivity contribution < 1.29 is 13.2 Å². The quantitative estimate of drug-likeness (QED) is 0.926. The van der Waals surface area contributed by atoms with Crippen molar-refractivity contribution >= 4 is 31.6 Å². The van der Waals surface area contributed by atoms with Crippen LogP contribution in [0.15, 0.2) is 22.7 Å². The first-order valence-electron chi connectivity index (χ1n) is 4.33. The topological polar surface area (TPSA) is 55.4 Å². The molecule has 4 nitrogen and oxygen atoms in total. The molecule has 0 aromatic heterocycles. The van der Waals surface area contributed by atoms with Crippen molar-refractivity contribution in [1.82, 2.24) is 0 Å². The van der Waals surface area contributed by atoms with E-state index in [1.54, 1.807) is 25.1 Å². The minimum atomic E-state index is -3.26. The third-order valence-electron chi connectivity index (χ3n) is 1.83. The van der Waals surface area contributed by atoms with Gasteiger partial charge in [0.25, 0.3) is 0 Å². The lowest BCUT2D eigenvalue weighted by atomic mass is 10.3. The van der Waals surface area contributed by atoms with Crippen LogP contribution < -0.4 is 9.46 Å². The normalized spacial score (nSPS) is 11.1. The van der Waals surface area contributed by atoms with Gasteiger partial charge in [0.15, 0.2) is 0 Å². The molecule has 0 fully saturated rings. The molecule has 0 spiro atoms. The lowest BCUT2D eigenvalue weighted by Crippen LogP contribution is -2.14. The Bertz CT molecular complexity index is 445. The zero-order valence-corrected chi connectivity index (χ0v) is 10.9. The number of anilines is 1. The predicted octanol–water partition coefficient (Wildman–Crippen LogP) is 2.22. The highest BCUT2D eigenvalue weighted by atomic mass is 79.9. The highest BCUT2D eigenvalue weighted by Crippen LogP contribution is 2.32. The molecule has 0 unspecified atom stereocenters. The average Bonchev–Trinajstić information content (AvgIpc) is 2.21. The number of nitrogens with one attached hydrogen (secondary N) is 1. The van der Waals surface area contributed by atoms with Crippen molar-refractivity contribution in [3.63, 3.8) is 0 Å². The first-order valence-corrected chi connectivity index (χ1v) is 6.77. The summed E-state index contributed by atoms with van der Waals surface area (Å²) in [5.41, 5.74) is 0.483. The van der Waals surface area contributed by atoms with Crippen LogP contribution in [0.5, 0.6) is 5.75 Å². The fourth-order valence-electron chi connectivity index (χ4n) is 0.987. The molecule has 0 radical (unpaired) electrons. The van der Waals surface area contributed by atoms with Crippen molar-refractivity contribution in [1.29, 1.82) is 0 Å². The lowest BCUT2D eigenvalue weighted by molar-refractivity contribution is 0.412. The van der Waals surface area contributed by atoms with Gasteiger partial charge in [-0.2, -0.15) is 0 Å². The molecule has 0 aliphatic heterocycles. The zero-order chi connectivity index (χ0) is 11.5. The van der Waals surface area contributed by atoms with E-state index in [9.17, 15) is 8.42 Å². The third-order valence-corrected chi connectivity index (χ3v) is 3.94. The second kappa shape index (κ2) is 4.85. The molecular formula is C9H12BrNO3S. The maximum Gasteiger partial charge on any atom is 0.232 e. The molecule has 0 amide bonds. The maximum absolute atomic E-state index is 11.3. The van der Waals surface area contributed by atoms with E-state index >= 15 is 0 Å². The summed E-state index contributed by atoms with van der Waals surface area (Å²) in [4.78, 5) is 0. The minimum Gasteiger partial charge on any atom is -0.495 e. The van der Waals surface area contributed by atoms with Gasteiger partial charge in [-0.25, -0.2) is 8.42 Å². The van der Waals surface area contributed by atoms with Crippen molar-refractivity contribution in [2.75, 3.05) is 17.6 Å².